The van der Waals surface area contributed by atoms with E-state index in [4.69, 9.17) is 4.74 Å². The van der Waals surface area contributed by atoms with Crippen molar-refractivity contribution in [3.05, 3.63) is 0 Å². The van der Waals surface area contributed by atoms with Gasteiger partial charge in [-0.05, 0) is 44.9 Å². The molecule has 0 amide bonds. The van der Waals surface area contributed by atoms with Crippen LogP contribution in [-0.4, -0.2) is 58.0 Å². The zero-order valence-corrected chi connectivity index (χ0v) is 18.0. The Labute approximate surface area is 168 Å². The van der Waals surface area contributed by atoms with Crippen LogP contribution in [0, 0.1) is 5.92 Å². The van der Waals surface area contributed by atoms with Gasteiger partial charge in [0.2, 0.25) is 10.0 Å². The molecule has 0 spiro atoms. The first-order chi connectivity index (χ1) is 11.6. The van der Waals surface area contributed by atoms with Crippen molar-refractivity contribution in [1.29, 1.82) is 0 Å². The van der Waals surface area contributed by atoms with Gasteiger partial charge in [0.25, 0.3) is 0 Å². The summed E-state index contributed by atoms with van der Waals surface area (Å²) in [6.07, 6.45) is 7.42. The van der Waals surface area contributed by atoms with E-state index < -0.39 is 10.0 Å². The third kappa shape index (κ3) is 6.21. The first-order valence-electron chi connectivity index (χ1n) is 9.23. The Balaban J connectivity index is 0.00000225. The summed E-state index contributed by atoms with van der Waals surface area (Å²) in [6.45, 7) is 3.59. The summed E-state index contributed by atoms with van der Waals surface area (Å²) in [5.74, 6) is 1.25. The minimum Gasteiger partial charge on any atom is -0.373 e. The van der Waals surface area contributed by atoms with Crippen LogP contribution in [-0.2, 0) is 14.8 Å². The van der Waals surface area contributed by atoms with Gasteiger partial charge in [0.1, 0.15) is 0 Å². The molecule has 2 saturated heterocycles. The molecule has 146 valence electrons. The average Bonchev–Trinajstić information content (AvgIpc) is 3.08. The number of hydrogen-bond acceptors (Lipinski definition) is 4. The summed E-state index contributed by atoms with van der Waals surface area (Å²) >= 11 is 0. The molecule has 3 N–H and O–H groups in total. The molecule has 1 aliphatic carbocycles. The number of fused-ring (bicyclic) bond motifs is 2. The molecule has 3 rings (SSSR count). The van der Waals surface area contributed by atoms with Gasteiger partial charge in [-0.3, -0.25) is 4.99 Å². The van der Waals surface area contributed by atoms with Crippen LogP contribution < -0.4 is 15.4 Å². The lowest BCUT2D eigenvalue weighted by Crippen LogP contribution is -2.47. The Kier molecular flexibility index (Phi) is 8.22. The fraction of sp³-hybridized carbons (Fsp3) is 0.938. The standard InChI is InChI=1S/C16H30N4O3S.HI/c1-2-17-16(20-14-10-13-6-7-15(14)23-13)18-8-9-24(21,22)19-11-12-4-3-5-12;/h12-15,19H,2-11H2,1H3,(H2,17,18,20);1H. The van der Waals surface area contributed by atoms with Crippen molar-refractivity contribution in [2.24, 2.45) is 10.9 Å². The Bertz CT molecular complexity index is 554. The van der Waals surface area contributed by atoms with Crippen LogP contribution in [0.25, 0.3) is 0 Å². The predicted octanol–water partition coefficient (Wildman–Crippen LogP) is 1.20. The molecule has 7 nitrogen and oxygen atoms in total. The van der Waals surface area contributed by atoms with Gasteiger partial charge in [-0.1, -0.05) is 6.42 Å². The third-order valence-electron chi connectivity index (χ3n) is 5.22. The minimum atomic E-state index is -3.24. The maximum atomic E-state index is 12.0. The average molecular weight is 486 g/mol. The van der Waals surface area contributed by atoms with Gasteiger partial charge in [-0.25, -0.2) is 13.1 Å². The van der Waals surface area contributed by atoms with E-state index in [0.717, 1.165) is 38.6 Å². The van der Waals surface area contributed by atoms with Crippen LogP contribution in [0.2, 0.25) is 0 Å². The largest absolute Gasteiger partial charge is 0.373 e. The number of nitrogens with zero attached hydrogens (tertiary/aromatic N) is 1. The molecule has 3 atom stereocenters. The molecule has 0 aromatic rings. The number of guanidine groups is 1. The molecule has 3 aliphatic rings. The monoisotopic (exact) mass is 486 g/mol. The SMILES string of the molecule is CCNC(=NCCS(=O)(=O)NCC1CCC1)NC1CC2CCC1O2.I. The highest BCUT2D eigenvalue weighted by molar-refractivity contribution is 14.0. The maximum Gasteiger partial charge on any atom is 0.213 e. The molecule has 0 aromatic heterocycles. The summed E-state index contributed by atoms with van der Waals surface area (Å²) in [5.41, 5.74) is 0. The third-order valence-corrected chi connectivity index (χ3v) is 6.55. The molecule has 3 unspecified atom stereocenters. The van der Waals surface area contributed by atoms with Crippen LogP contribution >= 0.6 is 24.0 Å². The van der Waals surface area contributed by atoms with Gasteiger partial charge in [-0.2, -0.15) is 0 Å². The molecule has 3 fully saturated rings. The van der Waals surface area contributed by atoms with Crippen molar-refractivity contribution in [1.82, 2.24) is 15.4 Å². The van der Waals surface area contributed by atoms with E-state index in [1.165, 1.54) is 6.42 Å². The van der Waals surface area contributed by atoms with Crippen LogP contribution in [0.4, 0.5) is 0 Å². The summed E-state index contributed by atoms with van der Waals surface area (Å²) in [7, 11) is -3.24. The van der Waals surface area contributed by atoms with E-state index in [-0.39, 0.29) is 48.4 Å². The van der Waals surface area contributed by atoms with E-state index in [1.54, 1.807) is 0 Å². The van der Waals surface area contributed by atoms with Crippen molar-refractivity contribution >= 4 is 40.0 Å². The fourth-order valence-corrected chi connectivity index (χ4v) is 4.54. The molecular formula is C16H31IN4O3S. The number of ether oxygens (including phenoxy) is 1. The van der Waals surface area contributed by atoms with Crippen LogP contribution in [0.15, 0.2) is 4.99 Å². The molecule has 0 aromatic carbocycles. The Morgan fingerprint density at radius 3 is 2.60 bits per heavy atom. The van der Waals surface area contributed by atoms with E-state index in [0.29, 0.717) is 24.5 Å². The van der Waals surface area contributed by atoms with Crippen molar-refractivity contribution in [3.63, 3.8) is 0 Å². The Morgan fingerprint density at radius 2 is 2.04 bits per heavy atom. The summed E-state index contributed by atoms with van der Waals surface area (Å²) < 4.78 is 32.6. The van der Waals surface area contributed by atoms with E-state index in [2.05, 4.69) is 20.3 Å². The summed E-state index contributed by atoms with van der Waals surface area (Å²) in [5, 5.41) is 6.59. The van der Waals surface area contributed by atoms with Gasteiger partial charge in [0.05, 0.1) is 30.5 Å². The second-order valence-electron chi connectivity index (χ2n) is 7.09. The quantitative estimate of drug-likeness (QED) is 0.273. The normalized spacial score (nSPS) is 29.2. The van der Waals surface area contributed by atoms with Crippen LogP contribution in [0.3, 0.4) is 0 Å². The van der Waals surface area contributed by atoms with Gasteiger partial charge in [0.15, 0.2) is 5.96 Å². The van der Waals surface area contributed by atoms with E-state index >= 15 is 0 Å². The topological polar surface area (TPSA) is 91.8 Å². The van der Waals surface area contributed by atoms with Crippen molar-refractivity contribution in [2.45, 2.75) is 63.7 Å². The first-order valence-corrected chi connectivity index (χ1v) is 10.9. The Hall–Kier alpha value is -0.130. The summed E-state index contributed by atoms with van der Waals surface area (Å²) in [6, 6.07) is 0.287. The minimum absolute atomic E-state index is 0. The number of halogens is 1. The van der Waals surface area contributed by atoms with Crippen molar-refractivity contribution < 1.29 is 13.2 Å². The highest BCUT2D eigenvalue weighted by Crippen LogP contribution is 2.34. The number of nitrogens with one attached hydrogen (secondary N) is 3. The zero-order valence-electron chi connectivity index (χ0n) is 14.9. The number of sulfonamides is 1. The van der Waals surface area contributed by atoms with Crippen LogP contribution in [0.5, 0.6) is 0 Å². The molecule has 2 bridgehead atoms. The molecule has 1 saturated carbocycles. The number of rotatable bonds is 8. The maximum absolute atomic E-state index is 12.0. The lowest BCUT2D eigenvalue weighted by atomic mass is 9.86. The van der Waals surface area contributed by atoms with Gasteiger partial charge in [0, 0.05) is 13.1 Å². The zero-order chi connectivity index (χ0) is 17.0. The van der Waals surface area contributed by atoms with Gasteiger partial charge < -0.3 is 15.4 Å². The van der Waals surface area contributed by atoms with Gasteiger partial charge >= 0.3 is 0 Å². The first kappa shape index (κ1) is 21.2. The number of aliphatic imine (C=N–C) groups is 1. The van der Waals surface area contributed by atoms with Gasteiger partial charge in [-0.15, -0.1) is 24.0 Å². The van der Waals surface area contributed by atoms with Crippen molar-refractivity contribution in [2.75, 3.05) is 25.4 Å². The van der Waals surface area contributed by atoms with E-state index in [1.807, 2.05) is 6.92 Å². The highest BCUT2D eigenvalue weighted by atomic mass is 127. The predicted molar refractivity (Wildman–Crippen MR) is 110 cm³/mol. The molecule has 0 radical (unpaired) electrons. The second-order valence-corrected chi connectivity index (χ2v) is 9.01. The smallest absolute Gasteiger partial charge is 0.213 e. The molecular weight excluding hydrogens is 455 g/mol. The molecule has 25 heavy (non-hydrogen) atoms. The molecule has 2 heterocycles. The summed E-state index contributed by atoms with van der Waals surface area (Å²) in [4.78, 5) is 4.43. The highest BCUT2D eigenvalue weighted by Gasteiger charge is 2.41. The second kappa shape index (κ2) is 9.70. The molecule has 2 aliphatic heterocycles. The van der Waals surface area contributed by atoms with E-state index in [9.17, 15) is 8.42 Å². The molecule has 9 heteroatoms. The fourth-order valence-electron chi connectivity index (χ4n) is 3.58. The van der Waals surface area contributed by atoms with Crippen molar-refractivity contribution in [3.8, 4) is 0 Å². The van der Waals surface area contributed by atoms with Crippen LogP contribution in [0.1, 0.15) is 45.4 Å². The lowest BCUT2D eigenvalue weighted by Gasteiger charge is -2.25. The number of hydrogen-bond donors (Lipinski definition) is 3. The Morgan fingerprint density at radius 1 is 1.24 bits per heavy atom. The lowest BCUT2D eigenvalue weighted by molar-refractivity contribution is 0.0992.